The Morgan fingerprint density at radius 1 is 1.18 bits per heavy atom. The molecule has 3 N–H and O–H groups in total. The molecule has 0 saturated carbocycles. The van der Waals surface area contributed by atoms with Crippen molar-refractivity contribution in [3.8, 4) is 0 Å². The van der Waals surface area contributed by atoms with Crippen molar-refractivity contribution in [2.75, 3.05) is 32.3 Å². The summed E-state index contributed by atoms with van der Waals surface area (Å²) in [5.41, 5.74) is 5.82. The molecule has 0 aliphatic heterocycles. The van der Waals surface area contributed by atoms with E-state index in [1.165, 1.54) is 7.11 Å². The van der Waals surface area contributed by atoms with Gasteiger partial charge in [-0.1, -0.05) is 51.5 Å². The maximum absolute atomic E-state index is 13.1. The maximum atomic E-state index is 13.1. The number of rotatable bonds is 14. The fraction of sp³-hybridized carbons (Fsp3) is 0.667. The number of hydrogen-bond donors (Lipinski definition) is 3. The molecule has 0 spiro atoms. The van der Waals surface area contributed by atoms with Gasteiger partial charge in [-0.2, -0.15) is 0 Å². The molecule has 0 aliphatic rings. The van der Waals surface area contributed by atoms with E-state index in [1.54, 1.807) is 14.0 Å². The zero-order valence-corrected chi connectivity index (χ0v) is 21.5. The van der Waals surface area contributed by atoms with Crippen LogP contribution < -0.4 is 10.9 Å². The van der Waals surface area contributed by atoms with Crippen molar-refractivity contribution >= 4 is 21.7 Å². The van der Waals surface area contributed by atoms with Crippen LogP contribution in [0.1, 0.15) is 58.1 Å². The van der Waals surface area contributed by atoms with Gasteiger partial charge in [-0.05, 0) is 42.7 Å². The molecule has 0 radical (unpaired) electrons. The van der Waals surface area contributed by atoms with Crippen LogP contribution >= 0.6 is 0 Å². The van der Waals surface area contributed by atoms with Gasteiger partial charge in [0.05, 0.1) is 36.6 Å². The number of sulfone groups is 1. The monoisotopic (exact) mass is 484 g/mol. The largest absolute Gasteiger partial charge is 0.469 e. The fourth-order valence-electron chi connectivity index (χ4n) is 4.12. The molecule has 0 aromatic heterocycles. The SMILES string of the molecule is CNNC(=O)C(C)(CCCC(C)(C)CS(=O)(=O)CCO)c1cccc(C[C@@H](C)C(=O)OC)c1. The topological polar surface area (TPSA) is 122 Å². The summed E-state index contributed by atoms with van der Waals surface area (Å²) < 4.78 is 29.1. The first-order valence-corrected chi connectivity index (χ1v) is 13.1. The molecule has 1 aromatic carbocycles. The molecule has 8 nitrogen and oxygen atoms in total. The Kier molecular flexibility index (Phi) is 11.0. The average molecular weight is 485 g/mol. The van der Waals surface area contributed by atoms with Crippen molar-refractivity contribution in [2.24, 2.45) is 11.3 Å². The van der Waals surface area contributed by atoms with Crippen molar-refractivity contribution in [3.63, 3.8) is 0 Å². The minimum absolute atomic E-state index is 0.0130. The molecular weight excluding hydrogens is 444 g/mol. The van der Waals surface area contributed by atoms with Gasteiger partial charge in [0.1, 0.15) is 0 Å². The minimum Gasteiger partial charge on any atom is -0.469 e. The normalized spacial score (nSPS) is 14.9. The Morgan fingerprint density at radius 3 is 2.42 bits per heavy atom. The first-order valence-electron chi connectivity index (χ1n) is 11.3. The van der Waals surface area contributed by atoms with E-state index in [1.807, 2.05) is 45.0 Å². The molecule has 0 saturated heterocycles. The minimum atomic E-state index is -3.34. The second-order valence-corrected chi connectivity index (χ2v) is 11.9. The predicted molar refractivity (Wildman–Crippen MR) is 129 cm³/mol. The van der Waals surface area contributed by atoms with Gasteiger partial charge in [0, 0.05) is 7.05 Å². The number of nitrogens with one attached hydrogen (secondary N) is 2. The fourth-order valence-corrected chi connectivity index (χ4v) is 5.88. The summed E-state index contributed by atoms with van der Waals surface area (Å²) in [6, 6.07) is 7.66. The smallest absolute Gasteiger partial charge is 0.308 e. The van der Waals surface area contributed by atoms with E-state index >= 15 is 0 Å². The third kappa shape index (κ3) is 9.06. The van der Waals surface area contributed by atoms with E-state index in [2.05, 4.69) is 10.9 Å². The maximum Gasteiger partial charge on any atom is 0.308 e. The third-order valence-electron chi connectivity index (χ3n) is 5.99. The second kappa shape index (κ2) is 12.5. The first kappa shape index (κ1) is 29.1. The van der Waals surface area contributed by atoms with E-state index in [0.717, 1.165) is 11.1 Å². The van der Waals surface area contributed by atoms with E-state index in [9.17, 15) is 18.0 Å². The second-order valence-electron chi connectivity index (χ2n) is 9.70. The molecular formula is C24H40N2O6S. The van der Waals surface area contributed by atoms with Gasteiger partial charge in [-0.15, -0.1) is 0 Å². The van der Waals surface area contributed by atoms with E-state index in [4.69, 9.17) is 9.84 Å². The van der Waals surface area contributed by atoms with E-state index in [-0.39, 0.29) is 35.9 Å². The Morgan fingerprint density at radius 2 is 1.85 bits per heavy atom. The first-order chi connectivity index (χ1) is 15.3. The molecule has 1 amide bonds. The van der Waals surface area contributed by atoms with Gasteiger partial charge in [-0.3, -0.25) is 15.0 Å². The van der Waals surface area contributed by atoms with Gasteiger partial charge < -0.3 is 9.84 Å². The van der Waals surface area contributed by atoms with Crippen LogP contribution in [0.5, 0.6) is 0 Å². The number of aliphatic hydroxyl groups excluding tert-OH is 1. The molecule has 2 atom stereocenters. The Balaban J connectivity index is 3.06. The number of hydrogen-bond acceptors (Lipinski definition) is 7. The summed E-state index contributed by atoms with van der Waals surface area (Å²) in [7, 11) is -0.343. The molecule has 0 fully saturated rings. The number of benzene rings is 1. The zero-order chi connectivity index (χ0) is 25.3. The Labute approximate surface area is 198 Å². The van der Waals surface area contributed by atoms with Crippen LogP contribution in [0.4, 0.5) is 0 Å². The number of aliphatic hydroxyl groups is 1. The highest BCUT2D eigenvalue weighted by Crippen LogP contribution is 2.34. The van der Waals surface area contributed by atoms with Crippen LogP contribution in [0.2, 0.25) is 0 Å². The summed E-state index contributed by atoms with van der Waals surface area (Å²) in [5, 5.41) is 8.99. The quantitative estimate of drug-likeness (QED) is 0.273. The number of carbonyl (C=O) groups excluding carboxylic acids is 2. The van der Waals surface area contributed by atoms with Crippen LogP contribution in [0.3, 0.4) is 0 Å². The van der Waals surface area contributed by atoms with Gasteiger partial charge in [0.25, 0.3) is 0 Å². The molecule has 0 bridgehead atoms. The highest BCUT2D eigenvalue weighted by atomic mass is 32.2. The number of methoxy groups -OCH3 is 1. The number of hydrazine groups is 1. The van der Waals surface area contributed by atoms with Crippen molar-refractivity contribution in [1.29, 1.82) is 0 Å². The van der Waals surface area contributed by atoms with Gasteiger partial charge in [-0.25, -0.2) is 13.8 Å². The summed E-state index contributed by atoms with van der Waals surface area (Å²) in [4.78, 5) is 24.9. The Hall–Kier alpha value is -1.97. The molecule has 0 aliphatic carbocycles. The predicted octanol–water partition coefficient (Wildman–Crippen LogP) is 2.15. The van der Waals surface area contributed by atoms with Gasteiger partial charge in [0.2, 0.25) is 5.91 Å². The number of esters is 1. The summed E-state index contributed by atoms with van der Waals surface area (Å²) in [6.45, 7) is 7.07. The third-order valence-corrected chi connectivity index (χ3v) is 8.02. The number of carbonyl (C=O) groups is 2. The van der Waals surface area contributed by atoms with Gasteiger partial charge in [0.15, 0.2) is 9.84 Å². The zero-order valence-electron chi connectivity index (χ0n) is 20.7. The summed E-state index contributed by atoms with van der Waals surface area (Å²) in [6.07, 6.45) is 2.26. The molecule has 1 unspecified atom stereocenters. The van der Waals surface area contributed by atoms with E-state index < -0.39 is 20.7 Å². The van der Waals surface area contributed by atoms with Crippen molar-refractivity contribution in [2.45, 2.75) is 58.8 Å². The standard InChI is InChI=1S/C24H40N2O6S/c1-18(21(28)32-6)15-19-9-7-10-20(16-19)24(4,22(29)26-25-5)12-8-11-23(2,3)17-33(30,31)14-13-27/h7,9-10,16,18,25,27H,8,11-15,17H2,1-6H3,(H,26,29)/t18-,24?/m1/s1. The molecule has 188 valence electrons. The lowest BCUT2D eigenvalue weighted by Crippen LogP contribution is -2.47. The van der Waals surface area contributed by atoms with Crippen LogP contribution in [-0.4, -0.2) is 57.7 Å². The molecule has 1 aromatic rings. The number of amides is 1. The van der Waals surface area contributed by atoms with Crippen LogP contribution in [0, 0.1) is 11.3 Å². The Bertz CT molecular complexity index is 900. The molecule has 9 heteroatoms. The van der Waals surface area contributed by atoms with E-state index in [0.29, 0.717) is 25.7 Å². The summed E-state index contributed by atoms with van der Waals surface area (Å²) >= 11 is 0. The van der Waals surface area contributed by atoms with Crippen LogP contribution in [0.15, 0.2) is 24.3 Å². The van der Waals surface area contributed by atoms with Crippen LogP contribution in [-0.2, 0) is 36.0 Å². The lowest BCUT2D eigenvalue weighted by molar-refractivity contribution is -0.144. The molecule has 1 rings (SSSR count). The lowest BCUT2D eigenvalue weighted by atomic mass is 9.75. The highest BCUT2D eigenvalue weighted by molar-refractivity contribution is 7.91. The summed E-state index contributed by atoms with van der Waals surface area (Å²) in [5.74, 6) is -1.02. The van der Waals surface area contributed by atoms with Crippen molar-refractivity contribution < 1.29 is 27.9 Å². The van der Waals surface area contributed by atoms with Crippen molar-refractivity contribution in [3.05, 3.63) is 35.4 Å². The van der Waals surface area contributed by atoms with Crippen LogP contribution in [0.25, 0.3) is 0 Å². The highest BCUT2D eigenvalue weighted by Gasteiger charge is 2.36. The van der Waals surface area contributed by atoms with Gasteiger partial charge >= 0.3 is 5.97 Å². The number of ether oxygens (including phenoxy) is 1. The molecule has 0 heterocycles. The average Bonchev–Trinajstić information content (AvgIpc) is 2.72. The van der Waals surface area contributed by atoms with Crippen molar-refractivity contribution in [1.82, 2.24) is 10.9 Å². The molecule has 33 heavy (non-hydrogen) atoms. The lowest BCUT2D eigenvalue weighted by Gasteiger charge is -2.31.